The number of benzene rings is 1. The number of carbonyl (C=O) groups is 1. The van der Waals surface area contributed by atoms with E-state index in [0.29, 0.717) is 9.76 Å². The van der Waals surface area contributed by atoms with Crippen molar-refractivity contribution in [2.24, 2.45) is 0 Å². The molecule has 0 aromatic heterocycles. The van der Waals surface area contributed by atoms with Crippen molar-refractivity contribution in [1.29, 1.82) is 0 Å². The fraction of sp³-hybridized carbons (Fsp3) is 0.111. The third-order valence-corrected chi connectivity index (χ3v) is 2.05. The monoisotopic (exact) mass is 212 g/mol. The van der Waals surface area contributed by atoms with E-state index in [1.54, 1.807) is 18.2 Å². The molecule has 0 saturated carbocycles. The maximum absolute atomic E-state index is 10.5. The molecule has 0 saturated heterocycles. The molecule has 68 valence electrons. The molecule has 1 aromatic rings. The van der Waals surface area contributed by atoms with Crippen LogP contribution in [0.25, 0.3) is 0 Å². The molecule has 13 heavy (non-hydrogen) atoms. The highest BCUT2D eigenvalue weighted by Gasteiger charge is 2.07. The quantitative estimate of drug-likeness (QED) is 0.593. The van der Waals surface area contributed by atoms with Crippen LogP contribution in [-0.4, -0.2) is 15.3 Å². The van der Waals surface area contributed by atoms with Gasteiger partial charge in [-0.2, -0.15) is 0 Å². The lowest BCUT2D eigenvalue weighted by atomic mass is 10.1. The van der Waals surface area contributed by atoms with E-state index in [-0.39, 0.29) is 6.42 Å². The predicted molar refractivity (Wildman–Crippen MR) is 58.5 cm³/mol. The summed E-state index contributed by atoms with van der Waals surface area (Å²) in [5, 5.41) is 8.60. The summed E-state index contributed by atoms with van der Waals surface area (Å²) < 4.78 is 0.428. The standard InChI is InChI=1S/C9H8O2S2/c10-8(11)5-6-3-1-2-4-7(6)9(12)13/h1-4H,5H2,(H,10,11)(H,12,13). The molecule has 0 amide bonds. The molecule has 1 aromatic carbocycles. The van der Waals surface area contributed by atoms with Crippen molar-refractivity contribution in [2.75, 3.05) is 0 Å². The summed E-state index contributed by atoms with van der Waals surface area (Å²) >= 11 is 8.89. The summed E-state index contributed by atoms with van der Waals surface area (Å²) in [7, 11) is 0. The first-order chi connectivity index (χ1) is 6.11. The minimum Gasteiger partial charge on any atom is -0.481 e. The zero-order valence-corrected chi connectivity index (χ0v) is 8.44. The Bertz CT molecular complexity index is 347. The van der Waals surface area contributed by atoms with Crippen LogP contribution in [0.5, 0.6) is 0 Å². The number of rotatable bonds is 3. The van der Waals surface area contributed by atoms with Gasteiger partial charge in [-0.15, -0.1) is 12.6 Å². The highest BCUT2D eigenvalue weighted by Crippen LogP contribution is 2.12. The third kappa shape index (κ3) is 2.82. The molecular weight excluding hydrogens is 204 g/mol. The van der Waals surface area contributed by atoms with Gasteiger partial charge >= 0.3 is 5.97 Å². The van der Waals surface area contributed by atoms with E-state index in [2.05, 4.69) is 12.6 Å². The molecule has 0 fully saturated rings. The van der Waals surface area contributed by atoms with E-state index in [0.717, 1.165) is 5.56 Å². The summed E-state index contributed by atoms with van der Waals surface area (Å²) in [6.45, 7) is 0. The average molecular weight is 212 g/mol. The number of carboxylic acid groups (broad SMARTS) is 1. The van der Waals surface area contributed by atoms with E-state index in [9.17, 15) is 4.79 Å². The van der Waals surface area contributed by atoms with E-state index >= 15 is 0 Å². The van der Waals surface area contributed by atoms with Gasteiger partial charge in [0.2, 0.25) is 0 Å². The van der Waals surface area contributed by atoms with Crippen LogP contribution < -0.4 is 0 Å². The van der Waals surface area contributed by atoms with Crippen molar-refractivity contribution in [3.63, 3.8) is 0 Å². The molecule has 2 nitrogen and oxygen atoms in total. The van der Waals surface area contributed by atoms with Crippen molar-refractivity contribution in [3.05, 3.63) is 35.4 Å². The largest absolute Gasteiger partial charge is 0.481 e. The normalized spacial score (nSPS) is 9.62. The first-order valence-corrected chi connectivity index (χ1v) is 4.50. The summed E-state index contributed by atoms with van der Waals surface area (Å²) in [4.78, 5) is 10.5. The molecule has 4 heteroatoms. The second-order valence-electron chi connectivity index (χ2n) is 2.53. The molecule has 0 spiro atoms. The van der Waals surface area contributed by atoms with Gasteiger partial charge in [0.1, 0.15) is 0 Å². The summed E-state index contributed by atoms with van der Waals surface area (Å²) in [5.74, 6) is -0.864. The Hall–Kier alpha value is -0.870. The van der Waals surface area contributed by atoms with Gasteiger partial charge in [0.25, 0.3) is 0 Å². The van der Waals surface area contributed by atoms with Gasteiger partial charge < -0.3 is 5.11 Å². The van der Waals surface area contributed by atoms with Gasteiger partial charge in [0.05, 0.1) is 10.6 Å². The molecule has 1 N–H and O–H groups in total. The number of thiocarbonyl (C=S) groups is 1. The smallest absolute Gasteiger partial charge is 0.307 e. The second-order valence-corrected chi connectivity index (χ2v) is 3.69. The Balaban J connectivity index is 3.04. The van der Waals surface area contributed by atoms with Gasteiger partial charge in [-0.25, -0.2) is 0 Å². The Morgan fingerprint density at radius 3 is 2.62 bits per heavy atom. The molecule has 0 atom stereocenters. The number of hydrogen-bond donors (Lipinski definition) is 2. The van der Waals surface area contributed by atoms with Crippen molar-refractivity contribution in [3.8, 4) is 0 Å². The lowest BCUT2D eigenvalue weighted by molar-refractivity contribution is -0.136. The highest BCUT2D eigenvalue weighted by atomic mass is 32.1. The van der Waals surface area contributed by atoms with Crippen LogP contribution in [0, 0.1) is 0 Å². The van der Waals surface area contributed by atoms with Gasteiger partial charge in [-0.1, -0.05) is 36.5 Å². The van der Waals surface area contributed by atoms with E-state index < -0.39 is 5.97 Å². The van der Waals surface area contributed by atoms with Crippen LogP contribution in [0.15, 0.2) is 24.3 Å². The summed E-state index contributed by atoms with van der Waals surface area (Å²) in [6, 6.07) is 7.11. The average Bonchev–Trinajstić information content (AvgIpc) is 2.03. The van der Waals surface area contributed by atoms with Crippen LogP contribution in [0.4, 0.5) is 0 Å². The predicted octanol–water partition coefficient (Wildman–Crippen LogP) is 1.92. The maximum atomic E-state index is 10.5. The lowest BCUT2D eigenvalue weighted by Gasteiger charge is -2.03. The zero-order chi connectivity index (χ0) is 9.84. The molecule has 0 heterocycles. The Labute approximate surface area is 87.0 Å². The maximum Gasteiger partial charge on any atom is 0.307 e. The first-order valence-electron chi connectivity index (χ1n) is 3.64. The number of hydrogen-bond acceptors (Lipinski definition) is 2. The van der Waals surface area contributed by atoms with E-state index in [1.165, 1.54) is 0 Å². The van der Waals surface area contributed by atoms with Crippen molar-refractivity contribution in [1.82, 2.24) is 0 Å². The van der Waals surface area contributed by atoms with Crippen LogP contribution in [-0.2, 0) is 11.2 Å². The number of carboxylic acids is 1. The molecule has 0 aliphatic heterocycles. The minimum atomic E-state index is -0.864. The van der Waals surface area contributed by atoms with Crippen LogP contribution in [0.1, 0.15) is 11.1 Å². The number of thiol groups is 1. The molecular formula is C9H8O2S2. The van der Waals surface area contributed by atoms with E-state index in [4.69, 9.17) is 17.3 Å². The highest BCUT2D eigenvalue weighted by molar-refractivity contribution is 8.11. The molecule has 0 aliphatic rings. The number of aliphatic carboxylic acids is 1. The first kappa shape index (κ1) is 10.2. The van der Waals surface area contributed by atoms with Gasteiger partial charge in [0, 0.05) is 5.56 Å². The second kappa shape index (κ2) is 4.39. The van der Waals surface area contributed by atoms with Crippen LogP contribution in [0.2, 0.25) is 0 Å². The lowest BCUT2D eigenvalue weighted by Crippen LogP contribution is -2.04. The summed E-state index contributed by atoms with van der Waals surface area (Å²) in [5.41, 5.74) is 1.43. The van der Waals surface area contributed by atoms with Gasteiger partial charge in [-0.3, -0.25) is 4.79 Å². The van der Waals surface area contributed by atoms with E-state index in [1.807, 2.05) is 6.07 Å². The zero-order valence-electron chi connectivity index (χ0n) is 6.73. The Kier molecular flexibility index (Phi) is 3.45. The molecule has 0 radical (unpaired) electrons. The Morgan fingerprint density at radius 2 is 2.08 bits per heavy atom. The van der Waals surface area contributed by atoms with Crippen LogP contribution in [0.3, 0.4) is 0 Å². The Morgan fingerprint density at radius 1 is 1.46 bits per heavy atom. The third-order valence-electron chi connectivity index (χ3n) is 1.59. The molecule has 0 unspecified atom stereocenters. The minimum absolute atomic E-state index is 0.0170. The molecule has 0 aliphatic carbocycles. The SMILES string of the molecule is O=C(O)Cc1ccccc1C(=S)S. The molecule has 0 bridgehead atoms. The van der Waals surface area contributed by atoms with Crippen LogP contribution >= 0.6 is 24.8 Å². The molecule has 1 rings (SSSR count). The fourth-order valence-corrected chi connectivity index (χ4v) is 1.46. The fourth-order valence-electron chi connectivity index (χ4n) is 1.05. The van der Waals surface area contributed by atoms with Crippen molar-refractivity contribution < 1.29 is 9.90 Å². The van der Waals surface area contributed by atoms with Crippen molar-refractivity contribution >= 4 is 35.0 Å². The summed E-state index contributed by atoms with van der Waals surface area (Å²) in [6.07, 6.45) is -0.0170. The van der Waals surface area contributed by atoms with Gasteiger partial charge in [0.15, 0.2) is 0 Å². The van der Waals surface area contributed by atoms with Crippen molar-refractivity contribution in [2.45, 2.75) is 6.42 Å². The topological polar surface area (TPSA) is 37.3 Å². The van der Waals surface area contributed by atoms with Gasteiger partial charge in [-0.05, 0) is 5.56 Å².